The molecule has 0 aliphatic carbocycles. The first-order chi connectivity index (χ1) is 8.95. The Morgan fingerprint density at radius 1 is 1.42 bits per heavy atom. The van der Waals surface area contributed by atoms with E-state index in [4.69, 9.17) is 10.8 Å². The van der Waals surface area contributed by atoms with Gasteiger partial charge in [-0.25, -0.2) is 4.79 Å². The van der Waals surface area contributed by atoms with E-state index in [9.17, 15) is 9.59 Å². The summed E-state index contributed by atoms with van der Waals surface area (Å²) in [5.74, 6) is -1.54. The molecule has 0 aromatic heterocycles. The largest absolute Gasteiger partial charge is 0.481 e. The number of rotatable bonds is 5. The minimum absolute atomic E-state index is 0.157. The molecule has 1 atom stereocenters. The van der Waals surface area contributed by atoms with Crippen LogP contribution in [0.4, 0.5) is 16.2 Å². The van der Waals surface area contributed by atoms with Crippen molar-refractivity contribution < 1.29 is 14.7 Å². The highest BCUT2D eigenvalue weighted by Crippen LogP contribution is 2.17. The molecule has 0 aliphatic rings. The molecule has 2 amide bonds. The number of amides is 2. The van der Waals surface area contributed by atoms with E-state index in [0.717, 1.165) is 0 Å². The number of nitrogen functional groups attached to an aromatic ring is 1. The molecule has 0 saturated heterocycles. The molecule has 0 heterocycles. The maximum atomic E-state index is 12.0. The summed E-state index contributed by atoms with van der Waals surface area (Å²) >= 11 is 0. The summed E-state index contributed by atoms with van der Waals surface area (Å²) in [4.78, 5) is 24.3. The number of urea groups is 1. The summed E-state index contributed by atoms with van der Waals surface area (Å²) < 4.78 is 0. The summed E-state index contributed by atoms with van der Waals surface area (Å²) in [6.07, 6.45) is 0. The van der Waals surface area contributed by atoms with Crippen LogP contribution in [0.1, 0.15) is 13.8 Å². The lowest BCUT2D eigenvalue weighted by atomic mass is 10.2. The van der Waals surface area contributed by atoms with Crippen molar-refractivity contribution in [2.75, 3.05) is 24.1 Å². The van der Waals surface area contributed by atoms with Gasteiger partial charge >= 0.3 is 12.0 Å². The molecule has 0 bridgehead atoms. The fourth-order valence-electron chi connectivity index (χ4n) is 1.57. The Balaban J connectivity index is 2.69. The summed E-state index contributed by atoms with van der Waals surface area (Å²) in [6, 6.07) is 6.57. The molecule has 1 aromatic rings. The molecule has 6 nitrogen and oxygen atoms in total. The van der Waals surface area contributed by atoms with E-state index >= 15 is 0 Å². The highest BCUT2D eigenvalue weighted by atomic mass is 16.4. The predicted octanol–water partition coefficient (Wildman–Crippen LogP) is 1.84. The second-order valence-electron chi connectivity index (χ2n) is 4.30. The van der Waals surface area contributed by atoms with E-state index in [-0.39, 0.29) is 12.6 Å². The first-order valence-corrected chi connectivity index (χ1v) is 6.09. The van der Waals surface area contributed by atoms with Gasteiger partial charge in [0.25, 0.3) is 0 Å². The number of aliphatic carboxylic acids is 1. The standard InChI is InChI=1S/C13H19N3O3/c1-3-16(8-9(2)12(17)18)13(19)15-11-7-5-4-6-10(11)14/h4-7,9H,3,8,14H2,1-2H3,(H,15,19)(H,17,18). The molecule has 0 aliphatic heterocycles. The fraction of sp³-hybridized carbons (Fsp3) is 0.385. The van der Waals surface area contributed by atoms with Crippen molar-refractivity contribution in [1.82, 2.24) is 4.90 Å². The van der Waals surface area contributed by atoms with Crippen LogP contribution in [0.25, 0.3) is 0 Å². The maximum Gasteiger partial charge on any atom is 0.321 e. The van der Waals surface area contributed by atoms with Gasteiger partial charge in [0, 0.05) is 13.1 Å². The minimum Gasteiger partial charge on any atom is -0.481 e. The van der Waals surface area contributed by atoms with E-state index in [1.165, 1.54) is 4.90 Å². The van der Waals surface area contributed by atoms with Crippen molar-refractivity contribution in [1.29, 1.82) is 0 Å². The first-order valence-electron chi connectivity index (χ1n) is 6.09. The van der Waals surface area contributed by atoms with Crippen LogP contribution in [0.5, 0.6) is 0 Å². The third-order valence-electron chi connectivity index (χ3n) is 2.79. The SMILES string of the molecule is CCN(CC(C)C(=O)O)C(=O)Nc1ccccc1N. The molecule has 0 saturated carbocycles. The Morgan fingerprint density at radius 3 is 2.58 bits per heavy atom. The lowest BCUT2D eigenvalue weighted by Gasteiger charge is -2.23. The Labute approximate surface area is 112 Å². The number of carbonyl (C=O) groups excluding carboxylic acids is 1. The molecule has 1 unspecified atom stereocenters. The normalized spacial score (nSPS) is 11.7. The average molecular weight is 265 g/mol. The van der Waals surface area contributed by atoms with E-state index in [2.05, 4.69) is 5.32 Å². The molecule has 19 heavy (non-hydrogen) atoms. The number of carboxylic acids is 1. The van der Waals surface area contributed by atoms with Crippen LogP contribution in [0.3, 0.4) is 0 Å². The van der Waals surface area contributed by atoms with Crippen molar-refractivity contribution in [3.05, 3.63) is 24.3 Å². The molecule has 1 aromatic carbocycles. The Hall–Kier alpha value is -2.24. The monoisotopic (exact) mass is 265 g/mol. The number of hydrogen-bond acceptors (Lipinski definition) is 3. The van der Waals surface area contributed by atoms with Gasteiger partial charge in [0.15, 0.2) is 0 Å². The van der Waals surface area contributed by atoms with Crippen molar-refractivity contribution in [3.8, 4) is 0 Å². The van der Waals surface area contributed by atoms with Crippen LogP contribution in [0, 0.1) is 5.92 Å². The molecule has 0 spiro atoms. The third kappa shape index (κ3) is 4.17. The van der Waals surface area contributed by atoms with E-state index in [1.807, 2.05) is 0 Å². The summed E-state index contributed by atoms with van der Waals surface area (Å²) in [6.45, 7) is 3.94. The van der Waals surface area contributed by atoms with Gasteiger partial charge in [-0.05, 0) is 19.1 Å². The van der Waals surface area contributed by atoms with Crippen molar-refractivity contribution in [2.24, 2.45) is 5.92 Å². The topological polar surface area (TPSA) is 95.7 Å². The zero-order valence-electron chi connectivity index (χ0n) is 11.1. The summed E-state index contributed by atoms with van der Waals surface area (Å²) in [5.41, 5.74) is 6.73. The van der Waals surface area contributed by atoms with Crippen molar-refractivity contribution in [3.63, 3.8) is 0 Å². The molecular weight excluding hydrogens is 246 g/mol. The molecular formula is C13H19N3O3. The predicted molar refractivity (Wildman–Crippen MR) is 73.9 cm³/mol. The smallest absolute Gasteiger partial charge is 0.321 e. The van der Waals surface area contributed by atoms with Crippen molar-refractivity contribution >= 4 is 23.4 Å². The lowest BCUT2D eigenvalue weighted by Crippen LogP contribution is -2.39. The lowest BCUT2D eigenvalue weighted by molar-refractivity contribution is -0.141. The molecule has 4 N–H and O–H groups in total. The van der Waals surface area contributed by atoms with Gasteiger partial charge in [-0.15, -0.1) is 0 Å². The maximum absolute atomic E-state index is 12.0. The van der Waals surface area contributed by atoms with Gasteiger partial charge in [-0.3, -0.25) is 4.79 Å². The highest BCUT2D eigenvalue weighted by Gasteiger charge is 2.19. The zero-order chi connectivity index (χ0) is 14.4. The number of benzene rings is 1. The fourth-order valence-corrected chi connectivity index (χ4v) is 1.57. The van der Waals surface area contributed by atoms with Gasteiger partial charge in [0.1, 0.15) is 0 Å². The van der Waals surface area contributed by atoms with Gasteiger partial charge in [0.05, 0.1) is 17.3 Å². The number of nitrogens with one attached hydrogen (secondary N) is 1. The molecule has 104 valence electrons. The number of para-hydroxylation sites is 2. The number of nitrogens with two attached hydrogens (primary N) is 1. The minimum atomic E-state index is -0.925. The summed E-state index contributed by atoms with van der Waals surface area (Å²) in [7, 11) is 0. The van der Waals surface area contributed by atoms with E-state index in [0.29, 0.717) is 17.9 Å². The Morgan fingerprint density at radius 2 is 2.05 bits per heavy atom. The molecule has 0 fully saturated rings. The van der Waals surface area contributed by atoms with Crippen LogP contribution >= 0.6 is 0 Å². The molecule has 1 rings (SSSR count). The zero-order valence-corrected chi connectivity index (χ0v) is 11.1. The van der Waals surface area contributed by atoms with Crippen LogP contribution in [0.15, 0.2) is 24.3 Å². The van der Waals surface area contributed by atoms with Crippen molar-refractivity contribution in [2.45, 2.75) is 13.8 Å². The number of carboxylic acid groups (broad SMARTS) is 1. The number of anilines is 2. The highest BCUT2D eigenvalue weighted by molar-refractivity contribution is 5.92. The van der Waals surface area contributed by atoms with Gasteiger partial charge in [-0.2, -0.15) is 0 Å². The van der Waals surface area contributed by atoms with E-state index < -0.39 is 11.9 Å². The quantitative estimate of drug-likeness (QED) is 0.708. The number of hydrogen-bond donors (Lipinski definition) is 3. The van der Waals surface area contributed by atoms with Crippen LogP contribution in [0.2, 0.25) is 0 Å². The second-order valence-corrected chi connectivity index (χ2v) is 4.30. The Bertz CT molecular complexity index is 462. The van der Waals surface area contributed by atoms with Crippen LogP contribution in [-0.2, 0) is 4.79 Å². The molecule has 6 heteroatoms. The summed E-state index contributed by atoms with van der Waals surface area (Å²) in [5, 5.41) is 11.5. The number of nitrogens with zero attached hydrogens (tertiary/aromatic N) is 1. The Kier molecular flexibility index (Phi) is 5.17. The average Bonchev–Trinajstić information content (AvgIpc) is 2.38. The van der Waals surface area contributed by atoms with Crippen LogP contribution < -0.4 is 11.1 Å². The van der Waals surface area contributed by atoms with Gasteiger partial charge in [0.2, 0.25) is 0 Å². The number of carbonyl (C=O) groups is 2. The van der Waals surface area contributed by atoms with E-state index in [1.54, 1.807) is 38.1 Å². The van der Waals surface area contributed by atoms with Crippen LogP contribution in [-0.4, -0.2) is 35.1 Å². The van der Waals surface area contributed by atoms with Gasteiger partial charge in [-0.1, -0.05) is 19.1 Å². The third-order valence-corrected chi connectivity index (χ3v) is 2.79. The van der Waals surface area contributed by atoms with Gasteiger partial charge < -0.3 is 21.1 Å². The first kappa shape index (κ1) is 14.8. The second kappa shape index (κ2) is 6.63. The molecule has 0 radical (unpaired) electrons.